The van der Waals surface area contributed by atoms with Gasteiger partial charge in [0.1, 0.15) is 0 Å². The molecule has 0 aromatic heterocycles. The molecule has 18 heavy (non-hydrogen) atoms. The normalized spacial score (nSPS) is 10.4. The number of carbonyl (C=O) groups excluding carboxylic acids is 3. The molecule has 8 nitrogen and oxygen atoms in total. The van der Waals surface area contributed by atoms with Crippen LogP contribution in [-0.2, 0) is 33.4 Å². The molecule has 0 aliphatic carbocycles. The van der Waals surface area contributed by atoms with Crippen molar-refractivity contribution in [3.05, 3.63) is 0 Å². The lowest BCUT2D eigenvalue weighted by molar-refractivity contribution is -0.176. The lowest BCUT2D eigenvalue weighted by Crippen LogP contribution is -2.44. The minimum Gasteiger partial charge on any atom is -0.480 e. The van der Waals surface area contributed by atoms with Gasteiger partial charge in [0.05, 0.1) is 34.2 Å². The van der Waals surface area contributed by atoms with Gasteiger partial charge in [-0.15, -0.1) is 0 Å². The van der Waals surface area contributed by atoms with E-state index in [-0.39, 0.29) is 0 Å². The third kappa shape index (κ3) is 3.44. The molecule has 0 saturated heterocycles. The van der Waals surface area contributed by atoms with Crippen molar-refractivity contribution in [2.45, 2.75) is 12.8 Å². The summed E-state index contributed by atoms with van der Waals surface area (Å²) in [6.45, 7) is 0. The fraction of sp³-hybridized carbons (Fsp3) is 0.600. The van der Waals surface area contributed by atoms with E-state index in [4.69, 9.17) is 5.11 Å². The Morgan fingerprint density at radius 3 is 1.50 bits per heavy atom. The molecule has 0 amide bonds. The number of rotatable bonds is 6. The molecule has 0 radical (unpaired) electrons. The highest BCUT2D eigenvalue weighted by atomic mass is 16.5. The van der Waals surface area contributed by atoms with Crippen LogP contribution in [0.3, 0.4) is 0 Å². The van der Waals surface area contributed by atoms with Gasteiger partial charge < -0.3 is 19.3 Å². The van der Waals surface area contributed by atoms with Crippen LogP contribution in [0.4, 0.5) is 0 Å². The van der Waals surface area contributed by atoms with Crippen molar-refractivity contribution < 1.29 is 38.5 Å². The van der Waals surface area contributed by atoms with Crippen molar-refractivity contribution in [3.63, 3.8) is 0 Å². The molecule has 0 atom stereocenters. The largest absolute Gasteiger partial charge is 0.480 e. The van der Waals surface area contributed by atoms with Crippen LogP contribution in [0.25, 0.3) is 0 Å². The molecular formula is C10H14O8. The lowest BCUT2D eigenvalue weighted by atomic mass is 9.81. The van der Waals surface area contributed by atoms with Crippen molar-refractivity contribution >= 4 is 23.9 Å². The minimum absolute atomic E-state index is 0.819. The minimum atomic E-state index is -2.34. The average molecular weight is 262 g/mol. The zero-order chi connectivity index (χ0) is 14.3. The van der Waals surface area contributed by atoms with Crippen molar-refractivity contribution in [2.24, 2.45) is 5.41 Å². The number of hydrogen-bond acceptors (Lipinski definition) is 7. The molecule has 0 spiro atoms. The van der Waals surface area contributed by atoms with Gasteiger partial charge in [-0.1, -0.05) is 0 Å². The van der Waals surface area contributed by atoms with Gasteiger partial charge in [-0.2, -0.15) is 0 Å². The van der Waals surface area contributed by atoms with Crippen molar-refractivity contribution in [2.75, 3.05) is 21.3 Å². The smallest absolute Gasteiger partial charge is 0.324 e. The number of aliphatic carboxylic acids is 1. The molecule has 0 aromatic rings. The number of esters is 3. The predicted octanol–water partition coefficient (Wildman–Crippen LogP) is -0.643. The zero-order valence-corrected chi connectivity index (χ0v) is 10.2. The van der Waals surface area contributed by atoms with Crippen LogP contribution >= 0.6 is 0 Å². The Bertz CT molecular complexity index is 341. The molecule has 8 heteroatoms. The van der Waals surface area contributed by atoms with Crippen LogP contribution in [0.5, 0.6) is 0 Å². The Kier molecular flexibility index (Phi) is 5.80. The molecule has 0 saturated carbocycles. The third-order valence-corrected chi connectivity index (χ3v) is 2.33. The number of methoxy groups -OCH3 is 3. The number of hydrogen-bond donors (Lipinski definition) is 1. The van der Waals surface area contributed by atoms with Crippen LogP contribution < -0.4 is 0 Å². The molecule has 0 unspecified atom stereocenters. The van der Waals surface area contributed by atoms with Crippen LogP contribution in [0, 0.1) is 5.41 Å². The molecule has 1 N–H and O–H groups in total. The molecule has 0 aliphatic rings. The highest BCUT2D eigenvalue weighted by Gasteiger charge is 2.51. The molecule has 0 bridgehead atoms. The van der Waals surface area contributed by atoms with E-state index in [9.17, 15) is 19.2 Å². The summed E-state index contributed by atoms with van der Waals surface area (Å²) >= 11 is 0. The van der Waals surface area contributed by atoms with Gasteiger partial charge in [0.25, 0.3) is 0 Å². The van der Waals surface area contributed by atoms with Crippen molar-refractivity contribution in [1.82, 2.24) is 0 Å². The van der Waals surface area contributed by atoms with Gasteiger partial charge in [0.15, 0.2) is 5.41 Å². The molecule has 0 aromatic carbocycles. The lowest BCUT2D eigenvalue weighted by Gasteiger charge is -2.23. The van der Waals surface area contributed by atoms with Crippen LogP contribution in [0.2, 0.25) is 0 Å². The maximum absolute atomic E-state index is 11.6. The first-order chi connectivity index (χ1) is 8.33. The SMILES string of the molecule is COC(=O)CC(CC(=O)OC)(C(=O)O)C(=O)OC. The standard InChI is InChI=1S/C10H14O8/c1-16-6(11)4-10(8(13)14,9(15)18-3)5-7(12)17-2/h4-5H2,1-3H3,(H,13,14). The number of ether oxygens (including phenoxy) is 3. The Hall–Kier alpha value is -2.12. The molecule has 0 fully saturated rings. The fourth-order valence-corrected chi connectivity index (χ4v) is 1.28. The van der Waals surface area contributed by atoms with E-state index >= 15 is 0 Å². The topological polar surface area (TPSA) is 116 Å². The third-order valence-electron chi connectivity index (χ3n) is 2.33. The van der Waals surface area contributed by atoms with Crippen LogP contribution in [-0.4, -0.2) is 50.3 Å². The summed E-state index contributed by atoms with van der Waals surface area (Å²) in [5.74, 6) is -4.78. The van der Waals surface area contributed by atoms with E-state index in [2.05, 4.69) is 14.2 Å². The first-order valence-electron chi connectivity index (χ1n) is 4.79. The summed E-state index contributed by atoms with van der Waals surface area (Å²) in [7, 11) is 3.02. The van der Waals surface area contributed by atoms with E-state index < -0.39 is 42.1 Å². The first kappa shape index (κ1) is 15.9. The molecule has 102 valence electrons. The van der Waals surface area contributed by atoms with Crippen LogP contribution in [0.15, 0.2) is 0 Å². The highest BCUT2D eigenvalue weighted by Crippen LogP contribution is 2.30. The van der Waals surface area contributed by atoms with Gasteiger partial charge in [0, 0.05) is 0 Å². The Morgan fingerprint density at radius 2 is 1.28 bits per heavy atom. The Balaban J connectivity index is 5.42. The van der Waals surface area contributed by atoms with E-state index in [1.165, 1.54) is 0 Å². The number of carboxylic acid groups (broad SMARTS) is 1. The number of carboxylic acids is 1. The quantitative estimate of drug-likeness (QED) is 0.381. The van der Waals surface area contributed by atoms with E-state index in [1.54, 1.807) is 0 Å². The molecule has 0 heterocycles. The maximum atomic E-state index is 11.6. The van der Waals surface area contributed by atoms with E-state index in [0.717, 1.165) is 21.3 Å². The van der Waals surface area contributed by atoms with E-state index in [0.29, 0.717) is 0 Å². The molecular weight excluding hydrogens is 248 g/mol. The summed E-state index contributed by atoms with van der Waals surface area (Å²) in [4.78, 5) is 45.1. The van der Waals surface area contributed by atoms with Gasteiger partial charge >= 0.3 is 23.9 Å². The van der Waals surface area contributed by atoms with Gasteiger partial charge in [-0.3, -0.25) is 19.2 Å². The summed E-state index contributed by atoms with van der Waals surface area (Å²) in [5, 5.41) is 9.10. The summed E-state index contributed by atoms with van der Waals surface area (Å²) in [6.07, 6.45) is -1.64. The molecule has 0 rings (SSSR count). The van der Waals surface area contributed by atoms with Crippen LogP contribution in [0.1, 0.15) is 12.8 Å². The highest BCUT2D eigenvalue weighted by molar-refractivity contribution is 6.04. The zero-order valence-electron chi connectivity index (χ0n) is 10.2. The van der Waals surface area contributed by atoms with Crippen molar-refractivity contribution in [1.29, 1.82) is 0 Å². The summed E-state index contributed by atoms with van der Waals surface area (Å²) in [5.41, 5.74) is -2.34. The first-order valence-corrected chi connectivity index (χ1v) is 4.79. The number of carbonyl (C=O) groups is 4. The monoisotopic (exact) mass is 262 g/mol. The summed E-state index contributed by atoms with van der Waals surface area (Å²) < 4.78 is 12.9. The maximum Gasteiger partial charge on any atom is 0.324 e. The van der Waals surface area contributed by atoms with Gasteiger partial charge in [-0.25, -0.2) is 0 Å². The Labute approximate surface area is 103 Å². The Morgan fingerprint density at radius 1 is 0.889 bits per heavy atom. The second-order valence-electron chi connectivity index (χ2n) is 3.38. The second kappa shape index (κ2) is 6.58. The fourth-order valence-electron chi connectivity index (χ4n) is 1.28. The predicted molar refractivity (Wildman–Crippen MR) is 55.4 cm³/mol. The molecule has 0 aliphatic heterocycles. The summed E-state index contributed by atoms with van der Waals surface area (Å²) in [6, 6.07) is 0. The second-order valence-corrected chi connectivity index (χ2v) is 3.38. The van der Waals surface area contributed by atoms with E-state index in [1.807, 2.05) is 0 Å². The average Bonchev–Trinajstić information content (AvgIpc) is 2.35. The van der Waals surface area contributed by atoms with Gasteiger partial charge in [-0.05, 0) is 0 Å². The van der Waals surface area contributed by atoms with Gasteiger partial charge in [0.2, 0.25) is 0 Å². The van der Waals surface area contributed by atoms with Crippen molar-refractivity contribution in [3.8, 4) is 0 Å².